The van der Waals surface area contributed by atoms with E-state index in [4.69, 9.17) is 19.1 Å². The SMILES string of the molecule is O=C(O)c1ccc(CN(Cc2ccccn2)Cc2ccccn2)cc1.[C-]#[O+].[C-]#[O+].[C-]#[O+].[Mo]. The van der Waals surface area contributed by atoms with Crippen molar-refractivity contribution in [3.05, 3.63) is 116 Å². The molecule has 32 heavy (non-hydrogen) atoms. The van der Waals surface area contributed by atoms with Gasteiger partial charge in [-0.05, 0) is 42.0 Å². The molecule has 3 rings (SSSR count). The first-order valence-corrected chi connectivity index (χ1v) is 8.66. The van der Waals surface area contributed by atoms with Crippen LogP contribution >= 0.6 is 0 Å². The van der Waals surface area contributed by atoms with E-state index in [9.17, 15) is 4.79 Å². The van der Waals surface area contributed by atoms with E-state index in [0.717, 1.165) is 17.0 Å². The van der Waals surface area contributed by atoms with Crippen molar-refractivity contribution in [3.8, 4) is 0 Å². The monoisotopic (exact) mass is 515 g/mol. The topological polar surface area (TPSA) is 126 Å². The molecular formula is C23H19MoN3O5. The van der Waals surface area contributed by atoms with Crippen molar-refractivity contribution in [3.63, 3.8) is 0 Å². The number of hydrogen-bond acceptors (Lipinski definition) is 4. The molecule has 0 saturated heterocycles. The number of nitrogens with zero attached hydrogens (tertiary/aromatic N) is 3. The van der Waals surface area contributed by atoms with Gasteiger partial charge in [-0.1, -0.05) is 24.3 Å². The number of pyridine rings is 2. The van der Waals surface area contributed by atoms with Crippen molar-refractivity contribution in [2.75, 3.05) is 0 Å². The third-order valence-electron chi connectivity index (χ3n) is 3.83. The summed E-state index contributed by atoms with van der Waals surface area (Å²) in [6.07, 6.45) is 3.58. The normalized spacial score (nSPS) is 8.59. The van der Waals surface area contributed by atoms with E-state index in [0.29, 0.717) is 25.2 Å². The average Bonchev–Trinajstić information content (AvgIpc) is 2.84. The molecule has 162 valence electrons. The van der Waals surface area contributed by atoms with E-state index < -0.39 is 5.97 Å². The van der Waals surface area contributed by atoms with Crippen molar-refractivity contribution < 1.29 is 44.9 Å². The summed E-state index contributed by atoms with van der Waals surface area (Å²) in [6, 6.07) is 18.7. The molecule has 2 aromatic heterocycles. The summed E-state index contributed by atoms with van der Waals surface area (Å²) in [7, 11) is 0. The fourth-order valence-electron chi connectivity index (χ4n) is 2.62. The van der Waals surface area contributed by atoms with Gasteiger partial charge in [0.15, 0.2) is 0 Å². The third-order valence-corrected chi connectivity index (χ3v) is 3.83. The fourth-order valence-corrected chi connectivity index (χ4v) is 2.62. The Morgan fingerprint density at radius 1 is 0.750 bits per heavy atom. The first-order valence-electron chi connectivity index (χ1n) is 8.66. The Balaban J connectivity index is 0. The molecule has 0 spiro atoms. The van der Waals surface area contributed by atoms with Crippen molar-refractivity contribution >= 4 is 5.97 Å². The Kier molecular flexibility index (Phi) is 19.2. The molecule has 0 atom stereocenters. The van der Waals surface area contributed by atoms with Crippen molar-refractivity contribution in [2.24, 2.45) is 0 Å². The molecule has 8 nitrogen and oxygen atoms in total. The molecule has 0 amide bonds. The van der Waals surface area contributed by atoms with Gasteiger partial charge in [0.25, 0.3) is 0 Å². The Morgan fingerprint density at radius 2 is 1.19 bits per heavy atom. The molecule has 0 aliphatic rings. The van der Waals surface area contributed by atoms with E-state index in [1.54, 1.807) is 24.5 Å². The number of benzene rings is 1. The van der Waals surface area contributed by atoms with Crippen LogP contribution in [0.2, 0.25) is 0 Å². The van der Waals surface area contributed by atoms with Crippen LogP contribution in [0.3, 0.4) is 0 Å². The minimum atomic E-state index is -0.912. The van der Waals surface area contributed by atoms with Gasteiger partial charge in [-0.3, -0.25) is 14.9 Å². The van der Waals surface area contributed by atoms with Crippen LogP contribution < -0.4 is 0 Å². The number of aromatic nitrogens is 2. The van der Waals surface area contributed by atoms with Crippen molar-refractivity contribution in [1.29, 1.82) is 0 Å². The number of carbonyl (C=O) groups is 1. The van der Waals surface area contributed by atoms with Gasteiger partial charge in [0.2, 0.25) is 0 Å². The molecule has 2 heterocycles. The smallest absolute Gasteiger partial charge is 0 e. The second kappa shape index (κ2) is 19.8. The molecule has 0 aliphatic carbocycles. The minimum Gasteiger partial charge on any atom is 0 e. The van der Waals surface area contributed by atoms with Gasteiger partial charge in [-0.25, -0.2) is 4.79 Å². The summed E-state index contributed by atoms with van der Waals surface area (Å²) in [5.41, 5.74) is 3.32. The van der Waals surface area contributed by atoms with Gasteiger partial charge >= 0.3 is 39.9 Å². The van der Waals surface area contributed by atoms with Crippen LogP contribution in [0.5, 0.6) is 0 Å². The molecule has 3 aromatic rings. The largest absolute Gasteiger partial charge is 0 e. The minimum absolute atomic E-state index is 0. The first kappa shape index (κ1) is 31.0. The second-order valence-electron chi connectivity index (χ2n) is 5.79. The van der Waals surface area contributed by atoms with Gasteiger partial charge in [0.05, 0.1) is 17.0 Å². The molecule has 9 heteroatoms. The van der Waals surface area contributed by atoms with Crippen LogP contribution in [0.15, 0.2) is 73.1 Å². The molecule has 0 fully saturated rings. The molecule has 0 aliphatic heterocycles. The van der Waals surface area contributed by atoms with Crippen LogP contribution in [0, 0.1) is 20.0 Å². The molecule has 1 N–H and O–H groups in total. The summed E-state index contributed by atoms with van der Waals surface area (Å²) in [5.74, 6) is -0.912. The molecule has 0 unspecified atom stereocenters. The quantitative estimate of drug-likeness (QED) is 0.295. The predicted molar refractivity (Wildman–Crippen MR) is 107 cm³/mol. The number of rotatable bonds is 7. The van der Waals surface area contributed by atoms with Crippen LogP contribution in [-0.4, -0.2) is 25.9 Å². The number of carboxylic acids is 1. The van der Waals surface area contributed by atoms with E-state index in [1.165, 1.54) is 0 Å². The second-order valence-corrected chi connectivity index (χ2v) is 5.79. The summed E-state index contributed by atoms with van der Waals surface area (Å²) in [5, 5.41) is 9.02. The number of carboxylic acid groups (broad SMARTS) is 1. The summed E-state index contributed by atoms with van der Waals surface area (Å²) < 4.78 is 22.5. The first-order chi connectivity index (χ1) is 15.2. The van der Waals surface area contributed by atoms with Crippen LogP contribution in [0.4, 0.5) is 0 Å². The van der Waals surface area contributed by atoms with E-state index in [2.05, 4.69) is 34.8 Å². The van der Waals surface area contributed by atoms with E-state index >= 15 is 0 Å². The van der Waals surface area contributed by atoms with Gasteiger partial charge in [-0.2, -0.15) is 0 Å². The zero-order valence-corrected chi connectivity index (χ0v) is 18.9. The molecular weight excluding hydrogens is 494 g/mol. The number of aromatic carboxylic acids is 1. The summed E-state index contributed by atoms with van der Waals surface area (Å²) in [6.45, 7) is 15.6. The van der Waals surface area contributed by atoms with Crippen LogP contribution in [-0.2, 0) is 54.7 Å². The zero-order valence-electron chi connectivity index (χ0n) is 16.9. The van der Waals surface area contributed by atoms with Gasteiger partial charge in [0, 0.05) is 53.1 Å². The number of hydrogen-bond donors (Lipinski definition) is 1. The molecule has 0 bridgehead atoms. The Morgan fingerprint density at radius 3 is 1.53 bits per heavy atom. The van der Waals surface area contributed by atoms with Crippen LogP contribution in [0.1, 0.15) is 27.3 Å². The summed E-state index contributed by atoms with van der Waals surface area (Å²) in [4.78, 5) is 22.0. The fraction of sp³-hybridized carbons (Fsp3) is 0.130. The third kappa shape index (κ3) is 11.9. The van der Waals surface area contributed by atoms with Crippen molar-refractivity contribution in [2.45, 2.75) is 19.6 Å². The van der Waals surface area contributed by atoms with Gasteiger partial charge < -0.3 is 5.11 Å². The zero-order chi connectivity index (χ0) is 23.5. The molecule has 0 saturated carbocycles. The maximum absolute atomic E-state index is 11.0. The molecule has 1 aromatic carbocycles. The average molecular weight is 513 g/mol. The van der Waals surface area contributed by atoms with Crippen molar-refractivity contribution in [1.82, 2.24) is 14.9 Å². The van der Waals surface area contributed by atoms with E-state index in [-0.39, 0.29) is 21.1 Å². The maximum atomic E-state index is 11.0. The predicted octanol–water partition coefficient (Wildman–Crippen LogP) is 3.26. The Hall–Kier alpha value is -3.14. The Labute approximate surface area is 200 Å². The van der Waals surface area contributed by atoms with Gasteiger partial charge in [0.1, 0.15) is 0 Å². The van der Waals surface area contributed by atoms with Gasteiger partial charge in [-0.15, -0.1) is 0 Å². The van der Waals surface area contributed by atoms with Crippen LogP contribution in [0.25, 0.3) is 0 Å². The molecule has 0 radical (unpaired) electrons. The summed E-state index contributed by atoms with van der Waals surface area (Å²) >= 11 is 0. The van der Waals surface area contributed by atoms with E-state index in [1.807, 2.05) is 48.5 Å². The Bertz CT molecular complexity index is 890. The standard InChI is InChI=1S/C20H19N3O2.3CO.Mo/c24-20(25)17-9-7-16(8-10-17)13-23(14-18-5-1-3-11-21-18)15-19-6-2-4-12-22-19;3*1-2;/h1-12H,13-15H2,(H,24,25);;;;. The maximum Gasteiger partial charge on any atom is 0 e.